The molecule has 1 aliphatic rings. The summed E-state index contributed by atoms with van der Waals surface area (Å²) in [6.07, 6.45) is 2.31. The summed E-state index contributed by atoms with van der Waals surface area (Å²) in [6, 6.07) is 4.31. The van der Waals surface area contributed by atoms with E-state index in [2.05, 4.69) is 33.1 Å². The van der Waals surface area contributed by atoms with Gasteiger partial charge in [0.1, 0.15) is 0 Å². The first-order valence-corrected chi connectivity index (χ1v) is 8.41. The van der Waals surface area contributed by atoms with Gasteiger partial charge in [-0.05, 0) is 54.4 Å². The number of piperidine rings is 1. The van der Waals surface area contributed by atoms with Crippen LogP contribution >= 0.6 is 27.5 Å². The minimum Gasteiger partial charge on any atom is -0.491 e. The number of halogens is 2. The molecule has 20 heavy (non-hydrogen) atoms. The smallest absolute Gasteiger partial charge is 0.156 e. The molecular formula is C15H22BrClN2O. The summed E-state index contributed by atoms with van der Waals surface area (Å²) < 4.78 is 6.63. The summed E-state index contributed by atoms with van der Waals surface area (Å²) >= 11 is 9.68. The molecule has 112 valence electrons. The van der Waals surface area contributed by atoms with Crippen LogP contribution in [0.2, 0.25) is 5.02 Å². The molecule has 1 N–H and O–H groups in total. The van der Waals surface area contributed by atoms with Crippen molar-refractivity contribution >= 4 is 33.2 Å². The molecular weight excluding hydrogens is 340 g/mol. The summed E-state index contributed by atoms with van der Waals surface area (Å²) in [5.74, 6) is 0.856. The molecule has 1 heterocycles. The highest BCUT2D eigenvalue weighted by atomic mass is 79.9. The van der Waals surface area contributed by atoms with Crippen LogP contribution in [0.3, 0.4) is 0 Å². The number of nitrogens with zero attached hydrogens (tertiary/aromatic N) is 1. The summed E-state index contributed by atoms with van der Waals surface area (Å²) in [7, 11) is 0. The standard InChI is InChI=1S/C15H22BrClN2O/c1-3-19-7-5-12(6-8-19)18-14-10-11(17)9-13(16)15(14)20-4-2/h9-10,12,18H,3-8H2,1-2H3. The molecule has 0 unspecified atom stereocenters. The Morgan fingerprint density at radius 1 is 1.35 bits per heavy atom. The monoisotopic (exact) mass is 360 g/mol. The Kier molecular flexibility index (Phi) is 6.00. The van der Waals surface area contributed by atoms with Crippen molar-refractivity contribution in [3.8, 4) is 5.75 Å². The van der Waals surface area contributed by atoms with Gasteiger partial charge in [0.15, 0.2) is 5.75 Å². The molecule has 1 aromatic rings. The van der Waals surface area contributed by atoms with E-state index in [1.165, 1.54) is 0 Å². The molecule has 1 aromatic carbocycles. The zero-order chi connectivity index (χ0) is 14.5. The topological polar surface area (TPSA) is 24.5 Å². The lowest BCUT2D eigenvalue weighted by molar-refractivity contribution is 0.229. The van der Waals surface area contributed by atoms with E-state index in [9.17, 15) is 0 Å². The van der Waals surface area contributed by atoms with Gasteiger partial charge in [-0.25, -0.2) is 0 Å². The van der Waals surface area contributed by atoms with Gasteiger partial charge in [-0.2, -0.15) is 0 Å². The third-order valence-corrected chi connectivity index (χ3v) is 4.50. The van der Waals surface area contributed by atoms with Crippen LogP contribution in [0.15, 0.2) is 16.6 Å². The van der Waals surface area contributed by atoms with E-state index in [0.29, 0.717) is 17.7 Å². The molecule has 1 aliphatic heterocycles. The van der Waals surface area contributed by atoms with Gasteiger partial charge >= 0.3 is 0 Å². The molecule has 5 heteroatoms. The Hall–Kier alpha value is -0.450. The number of hydrogen-bond acceptors (Lipinski definition) is 3. The van der Waals surface area contributed by atoms with Crippen LogP contribution in [0.25, 0.3) is 0 Å². The maximum atomic E-state index is 6.15. The highest BCUT2D eigenvalue weighted by molar-refractivity contribution is 9.10. The van der Waals surface area contributed by atoms with Crippen molar-refractivity contribution in [3.63, 3.8) is 0 Å². The van der Waals surface area contributed by atoms with Gasteiger partial charge in [0.25, 0.3) is 0 Å². The third-order valence-electron chi connectivity index (χ3n) is 3.69. The molecule has 1 fully saturated rings. The normalized spacial score (nSPS) is 17.2. The number of hydrogen-bond donors (Lipinski definition) is 1. The van der Waals surface area contributed by atoms with Gasteiger partial charge in [0, 0.05) is 24.2 Å². The quantitative estimate of drug-likeness (QED) is 0.841. The predicted octanol–water partition coefficient (Wildman–Crippen LogP) is 4.40. The lowest BCUT2D eigenvalue weighted by Gasteiger charge is -2.32. The summed E-state index contributed by atoms with van der Waals surface area (Å²) in [6.45, 7) is 8.29. The van der Waals surface area contributed by atoms with Crippen molar-refractivity contribution in [2.24, 2.45) is 0 Å². The minimum absolute atomic E-state index is 0.488. The van der Waals surface area contributed by atoms with Crippen LogP contribution in [-0.2, 0) is 0 Å². The molecule has 2 rings (SSSR count). The molecule has 0 amide bonds. The number of anilines is 1. The van der Waals surface area contributed by atoms with E-state index in [0.717, 1.165) is 48.4 Å². The first-order chi connectivity index (χ1) is 9.63. The lowest BCUT2D eigenvalue weighted by Crippen LogP contribution is -2.38. The molecule has 0 atom stereocenters. The van der Waals surface area contributed by atoms with E-state index >= 15 is 0 Å². The zero-order valence-electron chi connectivity index (χ0n) is 12.1. The van der Waals surface area contributed by atoms with E-state index in [4.69, 9.17) is 16.3 Å². The van der Waals surface area contributed by atoms with Crippen LogP contribution in [0.1, 0.15) is 26.7 Å². The van der Waals surface area contributed by atoms with Crippen LogP contribution in [0.5, 0.6) is 5.75 Å². The first-order valence-electron chi connectivity index (χ1n) is 7.24. The Morgan fingerprint density at radius 2 is 2.05 bits per heavy atom. The van der Waals surface area contributed by atoms with Gasteiger partial charge in [0.2, 0.25) is 0 Å². The highest BCUT2D eigenvalue weighted by Gasteiger charge is 2.20. The second kappa shape index (κ2) is 7.53. The van der Waals surface area contributed by atoms with Crippen molar-refractivity contribution in [2.75, 3.05) is 31.6 Å². The summed E-state index contributed by atoms with van der Waals surface area (Å²) in [5, 5.41) is 4.31. The molecule has 0 bridgehead atoms. The zero-order valence-corrected chi connectivity index (χ0v) is 14.4. The largest absolute Gasteiger partial charge is 0.491 e. The van der Waals surface area contributed by atoms with Crippen molar-refractivity contribution in [2.45, 2.75) is 32.7 Å². The number of ether oxygens (including phenoxy) is 1. The average molecular weight is 362 g/mol. The van der Waals surface area contributed by atoms with Crippen molar-refractivity contribution in [3.05, 3.63) is 21.6 Å². The van der Waals surface area contributed by atoms with Crippen LogP contribution < -0.4 is 10.1 Å². The number of likely N-dealkylation sites (tertiary alicyclic amines) is 1. The van der Waals surface area contributed by atoms with E-state index in [-0.39, 0.29) is 0 Å². The van der Waals surface area contributed by atoms with Crippen LogP contribution in [-0.4, -0.2) is 37.2 Å². The fraction of sp³-hybridized carbons (Fsp3) is 0.600. The molecule has 0 spiro atoms. The molecule has 0 radical (unpaired) electrons. The molecule has 3 nitrogen and oxygen atoms in total. The number of nitrogens with one attached hydrogen (secondary N) is 1. The van der Waals surface area contributed by atoms with E-state index < -0.39 is 0 Å². The van der Waals surface area contributed by atoms with Crippen LogP contribution in [0, 0.1) is 0 Å². The van der Waals surface area contributed by atoms with Crippen molar-refractivity contribution in [1.29, 1.82) is 0 Å². The maximum absolute atomic E-state index is 6.15. The fourth-order valence-electron chi connectivity index (χ4n) is 2.57. The molecule has 1 saturated heterocycles. The fourth-order valence-corrected chi connectivity index (χ4v) is 3.50. The Labute approximate surface area is 134 Å². The van der Waals surface area contributed by atoms with Gasteiger partial charge in [-0.1, -0.05) is 18.5 Å². The molecule has 0 aromatic heterocycles. The Morgan fingerprint density at radius 3 is 2.65 bits per heavy atom. The second-order valence-electron chi connectivity index (χ2n) is 5.05. The average Bonchev–Trinajstić information content (AvgIpc) is 2.43. The number of rotatable bonds is 5. The Bertz CT molecular complexity index is 448. The van der Waals surface area contributed by atoms with Gasteiger partial charge in [-0.15, -0.1) is 0 Å². The predicted molar refractivity (Wildman–Crippen MR) is 89.1 cm³/mol. The summed E-state index contributed by atoms with van der Waals surface area (Å²) in [4.78, 5) is 2.48. The van der Waals surface area contributed by atoms with Gasteiger partial charge in [-0.3, -0.25) is 0 Å². The van der Waals surface area contributed by atoms with Crippen LogP contribution in [0.4, 0.5) is 5.69 Å². The third kappa shape index (κ3) is 4.03. The lowest BCUT2D eigenvalue weighted by atomic mass is 10.0. The number of benzene rings is 1. The van der Waals surface area contributed by atoms with Gasteiger partial charge < -0.3 is 15.0 Å². The van der Waals surface area contributed by atoms with E-state index in [1.54, 1.807) is 0 Å². The van der Waals surface area contributed by atoms with Crippen molar-refractivity contribution in [1.82, 2.24) is 4.90 Å². The second-order valence-corrected chi connectivity index (χ2v) is 6.34. The maximum Gasteiger partial charge on any atom is 0.156 e. The summed E-state index contributed by atoms with van der Waals surface area (Å²) in [5.41, 5.74) is 0.987. The SMILES string of the molecule is CCOc1c(Br)cc(Cl)cc1NC1CCN(CC)CC1. The Balaban J connectivity index is 2.08. The molecule has 0 saturated carbocycles. The van der Waals surface area contributed by atoms with Crippen molar-refractivity contribution < 1.29 is 4.74 Å². The molecule has 0 aliphatic carbocycles. The van der Waals surface area contributed by atoms with E-state index in [1.807, 2.05) is 19.1 Å². The first kappa shape index (κ1) is 15.9. The van der Waals surface area contributed by atoms with Gasteiger partial charge in [0.05, 0.1) is 16.8 Å². The minimum atomic E-state index is 0.488. The highest BCUT2D eigenvalue weighted by Crippen LogP contribution is 2.37.